The van der Waals surface area contributed by atoms with Gasteiger partial charge in [0.15, 0.2) is 5.78 Å². The largest absolute Gasteiger partial charge is 0.497 e. The van der Waals surface area contributed by atoms with Crippen LogP contribution in [-0.2, 0) is 57.2 Å². The third-order valence-electron chi connectivity index (χ3n) is 14.5. The molecule has 3 N–H and O–H groups in total. The van der Waals surface area contributed by atoms with Crippen molar-refractivity contribution in [1.29, 1.82) is 0 Å². The van der Waals surface area contributed by atoms with Crippen LogP contribution in [0.4, 0.5) is 0 Å². The molecule has 3 heterocycles. The van der Waals surface area contributed by atoms with E-state index in [4.69, 9.17) is 28.4 Å². The van der Waals surface area contributed by atoms with Gasteiger partial charge in [-0.25, -0.2) is 9.59 Å². The van der Waals surface area contributed by atoms with E-state index in [9.17, 15) is 44.1 Å². The Balaban J connectivity index is 1.72. The third-order valence-corrected chi connectivity index (χ3v) is 14.5. The number of rotatable bonds is 8. The van der Waals surface area contributed by atoms with Crippen molar-refractivity contribution in [3.63, 3.8) is 0 Å². The van der Waals surface area contributed by atoms with E-state index in [-0.39, 0.29) is 42.8 Å². The van der Waals surface area contributed by atoms with E-state index >= 15 is 0 Å². The predicted octanol–water partition coefficient (Wildman–Crippen LogP) is 5.85. The molecule has 2 bridgehead atoms. The lowest BCUT2D eigenvalue weighted by Gasteiger charge is -2.41. The van der Waals surface area contributed by atoms with Crippen molar-refractivity contribution in [3.8, 4) is 0 Å². The smallest absolute Gasteiger partial charge is 0.332 e. The molecule has 16 nitrogen and oxygen atoms in total. The average Bonchev–Trinajstić information content (AvgIpc) is 3.33. The number of nitrogens with zero attached hydrogens (tertiary/aromatic N) is 1. The lowest BCUT2D eigenvalue weighted by atomic mass is 9.78. The summed E-state index contributed by atoms with van der Waals surface area (Å²) < 4.78 is 34.7. The van der Waals surface area contributed by atoms with E-state index in [1.807, 2.05) is 51.2 Å². The van der Waals surface area contributed by atoms with Gasteiger partial charge in [0.1, 0.15) is 48.6 Å². The van der Waals surface area contributed by atoms with Crippen molar-refractivity contribution in [2.24, 2.45) is 35.5 Å². The number of methoxy groups -OCH3 is 3. The van der Waals surface area contributed by atoms with Gasteiger partial charge in [-0.1, -0.05) is 71.1 Å². The maximum absolute atomic E-state index is 14.4. The maximum Gasteiger partial charge on any atom is 0.332 e. The quantitative estimate of drug-likeness (QED) is 0.148. The lowest BCUT2D eigenvalue weighted by Crippen LogP contribution is -2.60. The van der Waals surface area contributed by atoms with Crippen LogP contribution in [0.15, 0.2) is 59.4 Å². The number of amides is 1. The fourth-order valence-corrected chi connectivity index (χ4v) is 10.1. The first-order chi connectivity index (χ1) is 32.7. The molecule has 0 aromatic rings. The van der Waals surface area contributed by atoms with Crippen molar-refractivity contribution in [2.75, 3.05) is 34.5 Å². The highest BCUT2D eigenvalue weighted by Gasteiger charge is 2.53. The van der Waals surface area contributed by atoms with Gasteiger partial charge in [-0.05, 0) is 113 Å². The van der Waals surface area contributed by atoms with Crippen molar-refractivity contribution in [1.82, 2.24) is 4.90 Å². The molecule has 16 heteroatoms. The summed E-state index contributed by atoms with van der Waals surface area (Å²) in [7, 11) is 4.38. The molecule has 0 spiro atoms. The third kappa shape index (κ3) is 15.3. The summed E-state index contributed by atoms with van der Waals surface area (Å²) in [5.74, 6) is -8.88. The number of aliphatic hydroxyl groups is 3. The standard InChI is InChI=1S/C53H79NO15/c1-31-16-12-11-13-17-32(2)43(64-8)28-39-21-19-37(7)53(63,69-39)50(60)51(61)54-23-15-14-18-40(54)52(62)68-44(34(4)26-38-20-22-42(45(27-38)65-9)67-46(57)30-55)29-41(56)33(3)25-36(6)48(59)49(66-10)47(58)35(5)24-31/h11-13,16-17,25,28,31,33-35,37-40,42,44-45,48-49,55,59,63H,14-15,18-24,26-27,29-30H2,1-10H3/b13-11+,16-12+,32-17+,36-25+,43-28-/t31-,33-,34-,35-,37-,38+,39?,40+,42?,44?,45-,48-,49+,53-/m1/s1. The fraction of sp³-hybridized carbons (Fsp3) is 0.698. The number of ketones is 3. The second kappa shape index (κ2) is 26.8. The number of carbonyl (C=O) groups excluding carboxylic acids is 6. The molecule has 3 unspecified atom stereocenters. The number of esters is 2. The SMILES string of the molecule is COC1=C/C2CC[C@@H](C)[C@@](O)(O2)C(=O)C(=O)N2CCCC[C@H]2C(=O)OC([C@H](C)C[C@@H]2CCC(OC(=O)CO)[C@H](OC)C2)CC(=O)[C@H](C)/C=C(\C)[C@@H](O)[C@@H](OC)C(=O)[C@H](C)C[C@H](C)/C=C/C=C/C=C/1C. The van der Waals surface area contributed by atoms with E-state index in [0.717, 1.165) is 10.5 Å². The van der Waals surface area contributed by atoms with Crippen LogP contribution in [0.2, 0.25) is 0 Å². The van der Waals surface area contributed by atoms with Crippen molar-refractivity contribution in [3.05, 3.63) is 59.4 Å². The van der Waals surface area contributed by atoms with Gasteiger partial charge >= 0.3 is 11.9 Å². The van der Waals surface area contributed by atoms with Gasteiger partial charge in [0.05, 0.1) is 19.3 Å². The number of hydrogen-bond acceptors (Lipinski definition) is 15. The predicted molar refractivity (Wildman–Crippen MR) is 256 cm³/mol. The van der Waals surface area contributed by atoms with Crippen LogP contribution < -0.4 is 0 Å². The Bertz CT molecular complexity index is 1950. The summed E-state index contributed by atoms with van der Waals surface area (Å²) in [6.45, 7) is 11.7. The van der Waals surface area contributed by atoms with E-state index in [2.05, 4.69) is 0 Å². The lowest BCUT2D eigenvalue weighted by molar-refractivity contribution is -0.255. The number of piperidine rings is 1. The molecule has 386 valence electrons. The minimum Gasteiger partial charge on any atom is -0.497 e. The first-order valence-electron chi connectivity index (χ1n) is 24.7. The highest BCUT2D eigenvalue weighted by molar-refractivity contribution is 6.39. The Morgan fingerprint density at radius 3 is 2.29 bits per heavy atom. The summed E-state index contributed by atoms with van der Waals surface area (Å²) >= 11 is 0. The number of allylic oxidation sites excluding steroid dienone is 7. The maximum atomic E-state index is 14.4. The van der Waals surface area contributed by atoms with Crippen molar-refractivity contribution >= 4 is 35.2 Å². The zero-order chi connectivity index (χ0) is 51.2. The first kappa shape index (κ1) is 57.3. The molecular weight excluding hydrogens is 891 g/mol. The van der Waals surface area contributed by atoms with Crippen LogP contribution in [0.5, 0.6) is 0 Å². The Kier molecular flexibility index (Phi) is 22.2. The van der Waals surface area contributed by atoms with E-state index < -0.39 is 102 Å². The number of Topliss-reactive ketones (excluding diaryl/α,β-unsaturated/α-hetero) is 3. The van der Waals surface area contributed by atoms with Gasteiger partial charge in [-0.3, -0.25) is 19.2 Å². The molecule has 1 amide bonds. The molecule has 3 aliphatic heterocycles. The molecule has 4 rings (SSSR count). The molecule has 2 saturated heterocycles. The first-order valence-corrected chi connectivity index (χ1v) is 24.7. The normalized spacial score (nSPS) is 38.2. The molecule has 0 aromatic carbocycles. The van der Waals surface area contributed by atoms with Crippen LogP contribution >= 0.6 is 0 Å². The zero-order valence-electron chi connectivity index (χ0n) is 42.4. The van der Waals surface area contributed by atoms with Gasteiger partial charge in [0, 0.05) is 44.9 Å². The van der Waals surface area contributed by atoms with Crippen LogP contribution in [0, 0.1) is 35.5 Å². The molecule has 0 aromatic heterocycles. The van der Waals surface area contributed by atoms with Gasteiger partial charge < -0.3 is 48.6 Å². The summed E-state index contributed by atoms with van der Waals surface area (Å²) in [5.41, 5.74) is 1.09. The summed E-state index contributed by atoms with van der Waals surface area (Å²) in [6.07, 6.45) is 11.6. The molecule has 4 aliphatic rings. The fourth-order valence-electron chi connectivity index (χ4n) is 10.1. The van der Waals surface area contributed by atoms with Crippen molar-refractivity contribution < 1.29 is 72.5 Å². The van der Waals surface area contributed by atoms with E-state index in [1.54, 1.807) is 39.8 Å². The molecular formula is C53H79NO15. The molecule has 69 heavy (non-hydrogen) atoms. The Morgan fingerprint density at radius 2 is 1.62 bits per heavy atom. The van der Waals surface area contributed by atoms with Crippen LogP contribution in [0.25, 0.3) is 0 Å². The molecule has 14 atom stereocenters. The highest BCUT2D eigenvalue weighted by Crippen LogP contribution is 2.37. The van der Waals surface area contributed by atoms with E-state index in [1.165, 1.54) is 21.3 Å². The Labute approximate surface area is 408 Å². The number of ether oxygens (including phenoxy) is 6. The van der Waals surface area contributed by atoms with Crippen LogP contribution in [-0.4, -0.2) is 138 Å². The second-order valence-corrected chi connectivity index (χ2v) is 19.8. The Hall–Kier alpha value is -4.32. The minimum atomic E-state index is -2.50. The van der Waals surface area contributed by atoms with Crippen LogP contribution in [0.1, 0.15) is 119 Å². The van der Waals surface area contributed by atoms with Gasteiger partial charge in [0.2, 0.25) is 5.79 Å². The highest BCUT2D eigenvalue weighted by atomic mass is 16.6. The van der Waals surface area contributed by atoms with Crippen LogP contribution in [0.3, 0.4) is 0 Å². The Morgan fingerprint density at radius 1 is 0.899 bits per heavy atom. The minimum absolute atomic E-state index is 0.00885. The number of fused-ring (bicyclic) bond motifs is 3. The molecule has 1 saturated carbocycles. The van der Waals surface area contributed by atoms with Gasteiger partial charge in [-0.15, -0.1) is 0 Å². The van der Waals surface area contributed by atoms with E-state index in [0.29, 0.717) is 69.1 Å². The number of cyclic esters (lactones) is 1. The average molecular weight is 970 g/mol. The summed E-state index contributed by atoms with van der Waals surface area (Å²) in [6, 6.07) is -1.19. The molecule has 3 fully saturated rings. The number of carbonyl (C=O) groups is 6. The summed E-state index contributed by atoms with van der Waals surface area (Å²) in [5, 5.41) is 32.7. The van der Waals surface area contributed by atoms with Gasteiger partial charge in [-0.2, -0.15) is 0 Å². The topological polar surface area (TPSA) is 222 Å². The molecule has 0 radical (unpaired) electrons. The van der Waals surface area contributed by atoms with Gasteiger partial charge in [0.25, 0.3) is 11.7 Å². The monoisotopic (exact) mass is 970 g/mol. The number of hydrogen-bond donors (Lipinski definition) is 3. The summed E-state index contributed by atoms with van der Waals surface area (Å²) in [4.78, 5) is 84.0. The second-order valence-electron chi connectivity index (χ2n) is 19.8. The number of aliphatic hydroxyl groups excluding tert-OH is 2. The zero-order valence-corrected chi connectivity index (χ0v) is 42.4. The van der Waals surface area contributed by atoms with Crippen molar-refractivity contribution in [2.45, 2.75) is 168 Å². The molecule has 1 aliphatic carbocycles.